The predicted octanol–water partition coefficient (Wildman–Crippen LogP) is 3.79. The minimum Gasteiger partial charge on any atom is -0.394 e. The SMILES string of the molecule is CN1c2ccc(C#Cc3ccccc3)cc2[C@H]2[C@H](CCN2S(=O)(=O)c2ccccc2F)[C@H]1CO. The van der Waals surface area contributed by atoms with Crippen molar-refractivity contribution in [3.63, 3.8) is 0 Å². The Morgan fingerprint density at radius 3 is 2.44 bits per heavy atom. The number of benzene rings is 3. The molecule has 0 aliphatic carbocycles. The highest BCUT2D eigenvalue weighted by Crippen LogP contribution is 2.50. The molecule has 3 atom stereocenters. The normalized spacial score (nSPS) is 22.0. The van der Waals surface area contributed by atoms with Crippen molar-refractivity contribution in [1.82, 2.24) is 4.31 Å². The van der Waals surface area contributed by atoms with Gasteiger partial charge in [0.15, 0.2) is 0 Å². The molecule has 0 spiro atoms. The van der Waals surface area contributed by atoms with E-state index in [-0.39, 0.29) is 30.0 Å². The van der Waals surface area contributed by atoms with Crippen LogP contribution in [0.25, 0.3) is 0 Å². The molecule has 2 aliphatic rings. The summed E-state index contributed by atoms with van der Waals surface area (Å²) in [6.07, 6.45) is 0.577. The largest absolute Gasteiger partial charge is 0.394 e. The van der Waals surface area contributed by atoms with E-state index in [1.54, 1.807) is 0 Å². The number of sulfonamides is 1. The van der Waals surface area contributed by atoms with Crippen LogP contribution in [-0.4, -0.2) is 44.1 Å². The lowest BCUT2D eigenvalue weighted by atomic mass is 9.82. The molecule has 5 rings (SSSR count). The van der Waals surface area contributed by atoms with Crippen LogP contribution in [0.2, 0.25) is 0 Å². The van der Waals surface area contributed by atoms with Crippen LogP contribution < -0.4 is 4.90 Å². The van der Waals surface area contributed by atoms with Gasteiger partial charge in [0, 0.05) is 36.3 Å². The number of nitrogens with zero attached hydrogens (tertiary/aromatic N) is 2. The molecular formula is C27H25FN2O3S. The monoisotopic (exact) mass is 476 g/mol. The van der Waals surface area contributed by atoms with Crippen molar-refractivity contribution in [2.24, 2.45) is 5.92 Å². The minimum atomic E-state index is -4.08. The third-order valence-electron chi connectivity index (χ3n) is 6.85. The van der Waals surface area contributed by atoms with Gasteiger partial charge in [-0.1, -0.05) is 42.2 Å². The van der Waals surface area contributed by atoms with Crippen LogP contribution in [0.5, 0.6) is 0 Å². The number of anilines is 1. The van der Waals surface area contributed by atoms with E-state index in [1.807, 2.05) is 60.5 Å². The minimum absolute atomic E-state index is 0.0970. The van der Waals surface area contributed by atoms with E-state index >= 15 is 0 Å². The number of hydrogen-bond donors (Lipinski definition) is 1. The van der Waals surface area contributed by atoms with Crippen molar-refractivity contribution in [1.29, 1.82) is 0 Å². The van der Waals surface area contributed by atoms with Crippen LogP contribution in [0, 0.1) is 23.6 Å². The topological polar surface area (TPSA) is 60.9 Å². The predicted molar refractivity (Wildman–Crippen MR) is 129 cm³/mol. The van der Waals surface area contributed by atoms with Crippen LogP contribution >= 0.6 is 0 Å². The van der Waals surface area contributed by atoms with Gasteiger partial charge in [0.05, 0.1) is 18.7 Å². The molecule has 1 saturated heterocycles. The van der Waals surface area contributed by atoms with E-state index in [0.717, 1.165) is 28.4 Å². The van der Waals surface area contributed by atoms with Crippen LogP contribution in [0.15, 0.2) is 77.7 Å². The first kappa shape index (κ1) is 22.6. The fourth-order valence-corrected chi connectivity index (χ4v) is 6.94. The molecule has 0 saturated carbocycles. The smallest absolute Gasteiger partial charge is 0.246 e. The van der Waals surface area contributed by atoms with Crippen molar-refractivity contribution in [3.05, 3.63) is 95.3 Å². The van der Waals surface area contributed by atoms with E-state index in [4.69, 9.17) is 0 Å². The number of aliphatic hydroxyl groups excluding tert-OH is 1. The lowest BCUT2D eigenvalue weighted by Gasteiger charge is -2.44. The molecule has 0 radical (unpaired) electrons. The van der Waals surface area contributed by atoms with Crippen molar-refractivity contribution >= 4 is 15.7 Å². The maximum Gasteiger partial charge on any atom is 0.246 e. The molecule has 0 bridgehead atoms. The second-order valence-electron chi connectivity index (χ2n) is 8.69. The highest BCUT2D eigenvalue weighted by atomic mass is 32.2. The molecule has 2 aliphatic heterocycles. The highest BCUT2D eigenvalue weighted by Gasteiger charge is 2.50. The van der Waals surface area contributed by atoms with Gasteiger partial charge in [-0.25, -0.2) is 12.8 Å². The van der Waals surface area contributed by atoms with E-state index in [0.29, 0.717) is 6.42 Å². The zero-order valence-corrected chi connectivity index (χ0v) is 19.5. The summed E-state index contributed by atoms with van der Waals surface area (Å²) >= 11 is 0. The van der Waals surface area contributed by atoms with Crippen LogP contribution in [0.3, 0.4) is 0 Å². The molecule has 0 amide bonds. The molecule has 1 N–H and O–H groups in total. The van der Waals surface area contributed by atoms with Crippen LogP contribution in [0.1, 0.15) is 29.2 Å². The Labute approximate surface area is 199 Å². The van der Waals surface area contributed by atoms with Gasteiger partial charge < -0.3 is 10.0 Å². The third kappa shape index (κ3) is 3.78. The lowest BCUT2D eigenvalue weighted by Crippen LogP contribution is -2.48. The Morgan fingerprint density at radius 1 is 1.00 bits per heavy atom. The Balaban J connectivity index is 1.61. The molecular weight excluding hydrogens is 451 g/mol. The van der Waals surface area contributed by atoms with Gasteiger partial charge in [-0.3, -0.25) is 0 Å². The van der Waals surface area contributed by atoms with Gasteiger partial charge in [0.2, 0.25) is 10.0 Å². The molecule has 1 fully saturated rings. The van der Waals surface area contributed by atoms with Gasteiger partial charge in [-0.05, 0) is 54.4 Å². The fourth-order valence-electron chi connectivity index (χ4n) is 5.21. The Bertz CT molecular complexity index is 1380. The molecule has 3 aromatic carbocycles. The first-order valence-electron chi connectivity index (χ1n) is 11.2. The van der Waals surface area contributed by atoms with Crippen molar-refractivity contribution in [2.75, 3.05) is 25.1 Å². The lowest BCUT2D eigenvalue weighted by molar-refractivity contribution is 0.193. The molecule has 2 heterocycles. The number of halogens is 1. The maximum absolute atomic E-state index is 14.5. The first-order valence-corrected chi connectivity index (χ1v) is 12.7. The van der Waals surface area contributed by atoms with Gasteiger partial charge in [0.1, 0.15) is 10.7 Å². The number of rotatable bonds is 3. The Morgan fingerprint density at radius 2 is 1.71 bits per heavy atom. The van der Waals surface area contributed by atoms with E-state index < -0.39 is 21.9 Å². The average molecular weight is 477 g/mol. The molecule has 174 valence electrons. The molecule has 3 aromatic rings. The van der Waals surface area contributed by atoms with Crippen LogP contribution in [-0.2, 0) is 10.0 Å². The summed E-state index contributed by atoms with van der Waals surface area (Å²) in [7, 11) is -2.16. The first-order chi connectivity index (χ1) is 16.4. The maximum atomic E-state index is 14.5. The molecule has 34 heavy (non-hydrogen) atoms. The zero-order chi connectivity index (χ0) is 23.9. The number of fused-ring (bicyclic) bond motifs is 3. The average Bonchev–Trinajstić information content (AvgIpc) is 3.30. The Kier molecular flexibility index (Phi) is 5.90. The number of likely N-dealkylation sites (N-methyl/N-ethyl adjacent to an activating group) is 1. The standard InChI is InChI=1S/C27H25FN2O3S/c1-29-24-14-13-20(12-11-19-7-3-2-4-8-19)17-22(24)27-21(25(29)18-31)15-16-30(27)34(32,33)26-10-6-5-9-23(26)28/h2-10,13-14,17,21,25,27,31H,15-16,18H2,1H3/t21-,25-,27-/m1/s1. The summed E-state index contributed by atoms with van der Waals surface area (Å²) in [5.74, 6) is 5.44. The van der Waals surface area contributed by atoms with E-state index in [1.165, 1.54) is 22.5 Å². The second kappa shape index (κ2) is 8.88. The molecule has 0 aromatic heterocycles. The summed E-state index contributed by atoms with van der Waals surface area (Å²) in [5, 5.41) is 10.2. The van der Waals surface area contributed by atoms with E-state index in [9.17, 15) is 17.9 Å². The summed E-state index contributed by atoms with van der Waals surface area (Å²) in [6.45, 7) is 0.163. The highest BCUT2D eigenvalue weighted by molar-refractivity contribution is 7.89. The van der Waals surface area contributed by atoms with Gasteiger partial charge >= 0.3 is 0 Å². The molecule has 7 heteroatoms. The van der Waals surface area contributed by atoms with Crippen molar-refractivity contribution in [3.8, 4) is 11.8 Å². The number of hydrogen-bond acceptors (Lipinski definition) is 4. The summed E-state index contributed by atoms with van der Waals surface area (Å²) in [4.78, 5) is 1.70. The summed E-state index contributed by atoms with van der Waals surface area (Å²) in [6, 6.07) is 20.1. The van der Waals surface area contributed by atoms with E-state index in [2.05, 4.69) is 11.8 Å². The quantitative estimate of drug-likeness (QED) is 0.585. The van der Waals surface area contributed by atoms with Crippen molar-refractivity contribution in [2.45, 2.75) is 23.4 Å². The fraction of sp³-hybridized carbons (Fsp3) is 0.259. The second-order valence-corrected chi connectivity index (χ2v) is 10.6. The number of aliphatic hydroxyl groups is 1. The molecule has 0 unspecified atom stereocenters. The third-order valence-corrected chi connectivity index (χ3v) is 8.77. The van der Waals surface area contributed by atoms with Gasteiger partial charge in [0.25, 0.3) is 0 Å². The van der Waals surface area contributed by atoms with Crippen molar-refractivity contribution < 1.29 is 17.9 Å². The van der Waals surface area contributed by atoms with Crippen LogP contribution in [0.4, 0.5) is 10.1 Å². The summed E-state index contributed by atoms with van der Waals surface area (Å²) in [5.41, 5.74) is 3.34. The zero-order valence-electron chi connectivity index (χ0n) is 18.7. The van der Waals surface area contributed by atoms with Gasteiger partial charge in [-0.2, -0.15) is 4.31 Å². The molecule has 5 nitrogen and oxygen atoms in total. The summed E-state index contributed by atoms with van der Waals surface area (Å²) < 4.78 is 43.1. The Hall–Kier alpha value is -3.18. The van der Waals surface area contributed by atoms with Gasteiger partial charge in [-0.15, -0.1) is 0 Å².